The first-order valence-corrected chi connectivity index (χ1v) is 12.8. The lowest BCUT2D eigenvalue weighted by Gasteiger charge is -2.12. The van der Waals surface area contributed by atoms with Crippen LogP contribution < -0.4 is 0 Å². The van der Waals surface area contributed by atoms with E-state index in [9.17, 15) is 0 Å². The number of nitrogens with zero attached hydrogens (tertiary/aromatic N) is 4. The third kappa shape index (κ3) is 3.10. The van der Waals surface area contributed by atoms with Crippen LogP contribution in [-0.2, 0) is 0 Å². The summed E-state index contributed by atoms with van der Waals surface area (Å²) in [5, 5.41) is 4.63. The number of benzene rings is 5. The summed E-state index contributed by atoms with van der Waals surface area (Å²) in [6.07, 6.45) is 2.14. The van der Waals surface area contributed by atoms with Crippen molar-refractivity contribution in [2.24, 2.45) is 0 Å². The van der Waals surface area contributed by atoms with Crippen molar-refractivity contribution < 1.29 is 0 Å². The van der Waals surface area contributed by atoms with Crippen molar-refractivity contribution in [3.8, 4) is 22.9 Å². The number of hydrogen-bond donors (Lipinski definition) is 0. The molecular weight excluding hydrogens is 464 g/mol. The Morgan fingerprint density at radius 1 is 0.500 bits per heavy atom. The van der Waals surface area contributed by atoms with Crippen molar-refractivity contribution in [1.29, 1.82) is 0 Å². The zero-order valence-corrected chi connectivity index (χ0v) is 20.5. The standard InChI is InChI=1S/C34H22N4/c1-3-11-23(12-4-1)33-27-16-7-9-17-29(27)35-34(36-33)38-30-18-10-8-15-26(30)28-21-24-19-20-37(31(24)22-32(28)38)25-13-5-2-6-14-25/h1-22H. The molecule has 0 N–H and O–H groups in total. The average Bonchev–Trinajstić information content (AvgIpc) is 3.55. The minimum absolute atomic E-state index is 0.672. The average molecular weight is 487 g/mol. The molecule has 0 saturated heterocycles. The quantitative estimate of drug-likeness (QED) is 0.252. The molecule has 3 heterocycles. The topological polar surface area (TPSA) is 35.6 Å². The van der Waals surface area contributed by atoms with E-state index in [0.29, 0.717) is 5.95 Å². The van der Waals surface area contributed by atoms with Gasteiger partial charge in [-0.25, -0.2) is 9.97 Å². The molecule has 178 valence electrons. The lowest BCUT2D eigenvalue weighted by Crippen LogP contribution is -2.03. The number of fused-ring (bicyclic) bond motifs is 5. The van der Waals surface area contributed by atoms with Gasteiger partial charge in [0.25, 0.3) is 0 Å². The summed E-state index contributed by atoms with van der Waals surface area (Å²) >= 11 is 0. The Morgan fingerprint density at radius 2 is 1.21 bits per heavy atom. The van der Waals surface area contributed by atoms with Gasteiger partial charge in [0.05, 0.1) is 27.8 Å². The van der Waals surface area contributed by atoms with Crippen LogP contribution in [0.15, 0.2) is 134 Å². The second kappa shape index (κ2) is 8.15. The van der Waals surface area contributed by atoms with Gasteiger partial charge in [0.1, 0.15) is 0 Å². The molecule has 0 fully saturated rings. The molecule has 3 aromatic heterocycles. The highest BCUT2D eigenvalue weighted by molar-refractivity contribution is 6.13. The number of hydrogen-bond acceptors (Lipinski definition) is 2. The van der Waals surface area contributed by atoms with Crippen LogP contribution in [0.3, 0.4) is 0 Å². The van der Waals surface area contributed by atoms with Gasteiger partial charge in [0.15, 0.2) is 0 Å². The molecule has 0 atom stereocenters. The van der Waals surface area contributed by atoms with E-state index >= 15 is 0 Å². The fraction of sp³-hybridized carbons (Fsp3) is 0. The molecule has 0 spiro atoms. The molecule has 8 aromatic rings. The Balaban J connectivity index is 1.48. The summed E-state index contributed by atoms with van der Waals surface area (Å²) < 4.78 is 4.46. The first-order chi connectivity index (χ1) is 18.8. The van der Waals surface area contributed by atoms with Crippen molar-refractivity contribution in [1.82, 2.24) is 19.1 Å². The van der Waals surface area contributed by atoms with E-state index in [1.54, 1.807) is 0 Å². The lowest BCUT2D eigenvalue weighted by molar-refractivity contribution is 1.01. The number of rotatable bonds is 3. The highest BCUT2D eigenvalue weighted by Gasteiger charge is 2.18. The van der Waals surface area contributed by atoms with Gasteiger partial charge in [0.2, 0.25) is 5.95 Å². The van der Waals surface area contributed by atoms with E-state index in [2.05, 4.69) is 118 Å². The Hall–Kier alpha value is -5.22. The third-order valence-corrected chi connectivity index (χ3v) is 7.36. The van der Waals surface area contributed by atoms with Crippen molar-refractivity contribution in [2.45, 2.75) is 0 Å². The van der Waals surface area contributed by atoms with E-state index in [0.717, 1.165) is 44.4 Å². The third-order valence-electron chi connectivity index (χ3n) is 7.36. The fourth-order valence-corrected chi connectivity index (χ4v) is 5.61. The zero-order valence-electron chi connectivity index (χ0n) is 20.5. The van der Waals surface area contributed by atoms with Gasteiger partial charge in [-0.3, -0.25) is 4.57 Å². The highest BCUT2D eigenvalue weighted by Crippen LogP contribution is 2.36. The predicted molar refractivity (Wildman–Crippen MR) is 156 cm³/mol. The van der Waals surface area contributed by atoms with Gasteiger partial charge in [-0.15, -0.1) is 0 Å². The zero-order chi connectivity index (χ0) is 25.1. The first-order valence-electron chi connectivity index (χ1n) is 12.8. The molecule has 0 unspecified atom stereocenters. The molecule has 0 amide bonds. The summed E-state index contributed by atoms with van der Waals surface area (Å²) in [5.74, 6) is 0.672. The smallest absolute Gasteiger partial charge is 0.235 e. The summed E-state index contributed by atoms with van der Waals surface area (Å²) in [6.45, 7) is 0. The van der Waals surface area contributed by atoms with Crippen molar-refractivity contribution in [3.63, 3.8) is 0 Å². The molecule has 5 aromatic carbocycles. The molecule has 38 heavy (non-hydrogen) atoms. The van der Waals surface area contributed by atoms with Crippen molar-refractivity contribution in [2.75, 3.05) is 0 Å². The van der Waals surface area contributed by atoms with Crippen LogP contribution in [0.4, 0.5) is 0 Å². The molecule has 4 nitrogen and oxygen atoms in total. The molecule has 0 bridgehead atoms. The van der Waals surface area contributed by atoms with E-state index in [-0.39, 0.29) is 0 Å². The largest absolute Gasteiger partial charge is 0.316 e. The van der Waals surface area contributed by atoms with Gasteiger partial charge in [-0.2, -0.15) is 0 Å². The van der Waals surface area contributed by atoms with Crippen molar-refractivity contribution >= 4 is 43.6 Å². The summed E-state index contributed by atoms with van der Waals surface area (Å²) in [5.41, 5.74) is 7.41. The molecule has 0 aliphatic carbocycles. The molecule has 0 radical (unpaired) electrons. The van der Waals surface area contributed by atoms with Gasteiger partial charge in [-0.1, -0.05) is 84.9 Å². The Morgan fingerprint density at radius 3 is 2.05 bits per heavy atom. The summed E-state index contributed by atoms with van der Waals surface area (Å²) in [6, 6.07) is 44.4. The minimum atomic E-state index is 0.672. The molecule has 4 heteroatoms. The van der Waals surface area contributed by atoms with E-state index in [1.165, 1.54) is 16.2 Å². The van der Waals surface area contributed by atoms with Crippen LogP contribution in [0.1, 0.15) is 0 Å². The maximum absolute atomic E-state index is 5.21. The Kier molecular flexibility index (Phi) is 4.49. The van der Waals surface area contributed by atoms with Gasteiger partial charge < -0.3 is 4.57 Å². The molecule has 0 aliphatic rings. The van der Waals surface area contributed by atoms with Crippen molar-refractivity contribution in [3.05, 3.63) is 134 Å². The Bertz CT molecular complexity index is 2120. The molecule has 0 aliphatic heterocycles. The maximum atomic E-state index is 5.21. The normalized spacial score (nSPS) is 11.7. The predicted octanol–water partition coefficient (Wildman–Crippen LogP) is 8.34. The van der Waals surface area contributed by atoms with E-state index in [1.807, 2.05) is 24.3 Å². The van der Waals surface area contributed by atoms with E-state index in [4.69, 9.17) is 9.97 Å². The minimum Gasteiger partial charge on any atom is -0.316 e. The second-order valence-corrected chi connectivity index (χ2v) is 9.56. The van der Waals surface area contributed by atoms with E-state index < -0.39 is 0 Å². The summed E-state index contributed by atoms with van der Waals surface area (Å²) in [4.78, 5) is 10.3. The van der Waals surface area contributed by atoms with Crippen LogP contribution in [-0.4, -0.2) is 19.1 Å². The lowest BCUT2D eigenvalue weighted by atomic mass is 10.1. The number of aromatic nitrogens is 4. The van der Waals surface area contributed by atoms with Crippen LogP contribution >= 0.6 is 0 Å². The maximum Gasteiger partial charge on any atom is 0.235 e. The van der Waals surface area contributed by atoms with Crippen LogP contribution in [0.2, 0.25) is 0 Å². The van der Waals surface area contributed by atoms with Gasteiger partial charge in [0, 0.05) is 39.0 Å². The number of para-hydroxylation sites is 3. The molecular formula is C34H22N4. The SMILES string of the molecule is c1ccc(-c2nc(-n3c4ccccc4c4cc5ccn(-c6ccccc6)c5cc43)nc3ccccc23)cc1. The monoisotopic (exact) mass is 486 g/mol. The van der Waals surface area contributed by atoms with Crippen LogP contribution in [0.5, 0.6) is 0 Å². The van der Waals surface area contributed by atoms with Gasteiger partial charge >= 0.3 is 0 Å². The molecule has 8 rings (SSSR count). The Labute approximate surface area is 219 Å². The summed E-state index contributed by atoms with van der Waals surface area (Å²) in [7, 11) is 0. The first kappa shape index (κ1) is 20.9. The molecule has 0 saturated carbocycles. The van der Waals surface area contributed by atoms with Gasteiger partial charge in [-0.05, 0) is 42.5 Å². The van der Waals surface area contributed by atoms with Crippen LogP contribution in [0, 0.1) is 0 Å². The highest BCUT2D eigenvalue weighted by atomic mass is 15.2. The fourth-order valence-electron chi connectivity index (χ4n) is 5.61. The van der Waals surface area contributed by atoms with Crippen LogP contribution in [0.25, 0.3) is 66.5 Å². The second-order valence-electron chi connectivity index (χ2n) is 9.56.